The van der Waals surface area contributed by atoms with Crippen molar-refractivity contribution in [1.29, 1.82) is 0 Å². The zero-order valence-corrected chi connectivity index (χ0v) is 21.6. The summed E-state index contributed by atoms with van der Waals surface area (Å²) < 4.78 is 1.55. The van der Waals surface area contributed by atoms with Crippen LogP contribution in [0, 0.1) is 13.8 Å². The van der Waals surface area contributed by atoms with Gasteiger partial charge >= 0.3 is 0 Å². The molecule has 1 saturated heterocycles. The number of carbonyl (C=O) groups excluding carboxylic acids is 3. The van der Waals surface area contributed by atoms with E-state index in [-0.39, 0.29) is 24.1 Å². The first-order valence-corrected chi connectivity index (χ1v) is 12.6. The number of ketones is 1. The van der Waals surface area contributed by atoms with Crippen molar-refractivity contribution in [1.82, 2.24) is 29.6 Å². The normalized spacial score (nSPS) is 15.4. The van der Waals surface area contributed by atoms with Crippen LogP contribution in [0.15, 0.2) is 48.8 Å². The number of pyridine rings is 1. The molecule has 38 heavy (non-hydrogen) atoms. The lowest BCUT2D eigenvalue weighted by molar-refractivity contribution is -0.141. The summed E-state index contributed by atoms with van der Waals surface area (Å²) in [5.74, 6) is 0.463. The molecule has 1 aliphatic heterocycles. The highest BCUT2D eigenvalue weighted by Gasteiger charge is 2.33. The second-order valence-electron chi connectivity index (χ2n) is 9.57. The number of amides is 2. The monoisotopic (exact) mass is 511 g/mol. The van der Waals surface area contributed by atoms with E-state index in [2.05, 4.69) is 25.4 Å². The van der Waals surface area contributed by atoms with Crippen LogP contribution in [-0.4, -0.2) is 59.8 Å². The van der Waals surface area contributed by atoms with Gasteiger partial charge in [0.15, 0.2) is 5.78 Å². The van der Waals surface area contributed by atoms with E-state index < -0.39 is 6.04 Å². The fourth-order valence-corrected chi connectivity index (χ4v) is 4.82. The molecule has 0 unspecified atom stereocenters. The molecule has 4 aromatic rings. The predicted molar refractivity (Wildman–Crippen MR) is 142 cm³/mol. The number of piperidine rings is 1. The second-order valence-corrected chi connectivity index (χ2v) is 9.57. The first-order valence-electron chi connectivity index (χ1n) is 12.6. The number of fused-ring (bicyclic) bond motifs is 1. The minimum atomic E-state index is -0.596. The molecule has 1 fully saturated rings. The predicted octanol–water partition coefficient (Wildman–Crippen LogP) is 3.73. The molecule has 1 atom stereocenters. The first-order chi connectivity index (χ1) is 18.3. The highest BCUT2D eigenvalue weighted by molar-refractivity contribution is 6.06. The third-order valence-corrected chi connectivity index (χ3v) is 6.75. The summed E-state index contributed by atoms with van der Waals surface area (Å²) >= 11 is 0. The van der Waals surface area contributed by atoms with E-state index in [1.807, 2.05) is 44.2 Å². The molecule has 10 nitrogen and oxygen atoms in total. The van der Waals surface area contributed by atoms with Gasteiger partial charge in [-0.15, -0.1) is 0 Å². The van der Waals surface area contributed by atoms with E-state index >= 15 is 0 Å². The quantitative estimate of drug-likeness (QED) is 0.391. The fraction of sp³-hybridized carbons (Fsp3) is 0.321. The van der Waals surface area contributed by atoms with E-state index in [4.69, 9.17) is 0 Å². The molecule has 1 aliphatic rings. The maximum atomic E-state index is 13.5. The minimum absolute atomic E-state index is 0.0801. The van der Waals surface area contributed by atoms with Gasteiger partial charge in [-0.1, -0.05) is 12.1 Å². The summed E-state index contributed by atoms with van der Waals surface area (Å²) in [6.07, 6.45) is 5.72. The molecule has 1 aromatic carbocycles. The van der Waals surface area contributed by atoms with Crippen LogP contribution in [0.5, 0.6) is 0 Å². The number of Topliss-reactive ketones (excluding diaryl/α,β-unsaturated/α-hetero) is 1. The number of hydrogen-bond acceptors (Lipinski definition) is 7. The van der Waals surface area contributed by atoms with Gasteiger partial charge in [0.05, 0.1) is 5.52 Å². The summed E-state index contributed by atoms with van der Waals surface area (Å²) in [7, 11) is 0. The van der Waals surface area contributed by atoms with Crippen LogP contribution < -0.4 is 5.32 Å². The fourth-order valence-electron chi connectivity index (χ4n) is 4.82. The van der Waals surface area contributed by atoms with E-state index in [1.54, 1.807) is 28.0 Å². The van der Waals surface area contributed by atoms with Crippen molar-refractivity contribution in [3.05, 3.63) is 66.0 Å². The van der Waals surface area contributed by atoms with E-state index in [9.17, 15) is 14.4 Å². The molecule has 1 N–H and O–H groups in total. The van der Waals surface area contributed by atoms with Crippen LogP contribution in [0.4, 0.5) is 5.82 Å². The largest absolute Gasteiger partial charge is 0.329 e. The lowest BCUT2D eigenvalue weighted by atomic mass is 10.0. The number of carbonyl (C=O) groups is 3. The molecule has 0 bridgehead atoms. The standard InChI is InChI=1S/C28H29N7O3/c1-17-7-6-9-25(31-17)32-28(38)24-8-4-5-12-34(24)26(37)16-35-23-11-10-20(21-14-29-19(3)30-15-21)13-22(23)27(33-35)18(2)36/h6-7,9-11,13-15,24H,4-5,8,12,16H2,1-3H3,(H,31,32,38)/t24-/m0/s1. The summed E-state index contributed by atoms with van der Waals surface area (Å²) in [5, 5.41) is 8.01. The van der Waals surface area contributed by atoms with Crippen molar-refractivity contribution in [3.8, 4) is 11.1 Å². The van der Waals surface area contributed by atoms with Gasteiger partial charge < -0.3 is 10.2 Å². The molecule has 2 amide bonds. The Morgan fingerprint density at radius 1 is 1.03 bits per heavy atom. The average Bonchev–Trinajstić information content (AvgIpc) is 3.27. The Morgan fingerprint density at radius 3 is 2.55 bits per heavy atom. The molecule has 194 valence electrons. The van der Waals surface area contributed by atoms with E-state index in [0.717, 1.165) is 29.7 Å². The Morgan fingerprint density at radius 2 is 1.82 bits per heavy atom. The van der Waals surface area contributed by atoms with Crippen molar-refractivity contribution >= 4 is 34.3 Å². The van der Waals surface area contributed by atoms with Crippen molar-refractivity contribution in [3.63, 3.8) is 0 Å². The van der Waals surface area contributed by atoms with Crippen LogP contribution in [0.1, 0.15) is 48.2 Å². The molecule has 0 spiro atoms. The molecule has 5 rings (SSSR count). The molecular formula is C28H29N7O3. The number of nitrogens with one attached hydrogen (secondary N) is 1. The van der Waals surface area contributed by atoms with Crippen LogP contribution in [-0.2, 0) is 16.1 Å². The molecule has 0 aliphatic carbocycles. The molecule has 10 heteroatoms. The molecule has 3 aromatic heterocycles. The highest BCUT2D eigenvalue weighted by atomic mass is 16.2. The minimum Gasteiger partial charge on any atom is -0.329 e. The third kappa shape index (κ3) is 5.15. The van der Waals surface area contributed by atoms with Gasteiger partial charge in [0.1, 0.15) is 29.9 Å². The molecule has 0 saturated carbocycles. The maximum Gasteiger partial charge on any atom is 0.248 e. The van der Waals surface area contributed by atoms with Gasteiger partial charge in [-0.2, -0.15) is 5.10 Å². The average molecular weight is 512 g/mol. The topological polar surface area (TPSA) is 123 Å². The van der Waals surface area contributed by atoms with Crippen molar-refractivity contribution in [2.45, 2.75) is 52.6 Å². The SMILES string of the molecule is CC(=O)c1nn(CC(=O)N2CCCC[C@H]2C(=O)Nc2cccc(C)n2)c2ccc(-c3cnc(C)nc3)cc12. The van der Waals surface area contributed by atoms with Gasteiger partial charge in [0, 0.05) is 42.5 Å². The number of benzene rings is 1. The number of nitrogens with zero attached hydrogens (tertiary/aromatic N) is 6. The van der Waals surface area contributed by atoms with Crippen LogP contribution in [0.2, 0.25) is 0 Å². The van der Waals surface area contributed by atoms with E-state index in [1.165, 1.54) is 6.92 Å². The summed E-state index contributed by atoms with van der Waals surface area (Å²) in [6.45, 7) is 5.53. The molecule has 0 radical (unpaired) electrons. The smallest absolute Gasteiger partial charge is 0.248 e. The van der Waals surface area contributed by atoms with Gasteiger partial charge in [0.25, 0.3) is 0 Å². The zero-order chi connectivity index (χ0) is 26.8. The Hall–Kier alpha value is -4.47. The molecule has 4 heterocycles. The lowest BCUT2D eigenvalue weighted by Crippen LogP contribution is -2.51. The van der Waals surface area contributed by atoms with Gasteiger partial charge in [0.2, 0.25) is 11.8 Å². The summed E-state index contributed by atoms with van der Waals surface area (Å²) in [5.41, 5.74) is 3.43. The van der Waals surface area contributed by atoms with Crippen molar-refractivity contribution < 1.29 is 14.4 Å². The Labute approximate surface area is 220 Å². The van der Waals surface area contributed by atoms with Gasteiger partial charge in [-0.05, 0) is 62.9 Å². The zero-order valence-electron chi connectivity index (χ0n) is 21.6. The van der Waals surface area contributed by atoms with Crippen LogP contribution in [0.3, 0.4) is 0 Å². The van der Waals surface area contributed by atoms with Gasteiger partial charge in [-0.25, -0.2) is 15.0 Å². The molecular weight excluding hydrogens is 482 g/mol. The Bertz CT molecular complexity index is 1530. The van der Waals surface area contributed by atoms with Crippen LogP contribution in [0.25, 0.3) is 22.0 Å². The number of hydrogen-bond donors (Lipinski definition) is 1. The Kier molecular flexibility index (Phi) is 6.95. The van der Waals surface area contributed by atoms with Crippen molar-refractivity contribution in [2.75, 3.05) is 11.9 Å². The summed E-state index contributed by atoms with van der Waals surface area (Å²) in [6, 6.07) is 10.4. The third-order valence-electron chi connectivity index (χ3n) is 6.75. The second kappa shape index (κ2) is 10.5. The number of aromatic nitrogens is 5. The number of likely N-dealkylation sites (tertiary alicyclic amines) is 1. The van der Waals surface area contributed by atoms with E-state index in [0.29, 0.717) is 41.2 Å². The maximum absolute atomic E-state index is 13.5. The van der Waals surface area contributed by atoms with Crippen LogP contribution >= 0.6 is 0 Å². The van der Waals surface area contributed by atoms with Gasteiger partial charge in [-0.3, -0.25) is 19.1 Å². The van der Waals surface area contributed by atoms with Crippen molar-refractivity contribution in [2.24, 2.45) is 0 Å². The number of aryl methyl sites for hydroxylation is 2. The summed E-state index contributed by atoms with van der Waals surface area (Å²) in [4.78, 5) is 53.5. The number of rotatable bonds is 6. The number of anilines is 1. The first kappa shape index (κ1) is 25.2. The lowest BCUT2D eigenvalue weighted by Gasteiger charge is -2.34. The Balaban J connectivity index is 1.40. The highest BCUT2D eigenvalue weighted by Crippen LogP contribution is 2.27.